The van der Waals surface area contributed by atoms with Crippen LogP contribution in [0.3, 0.4) is 0 Å². The van der Waals surface area contributed by atoms with Crippen molar-refractivity contribution < 1.29 is 9.53 Å². The Balaban J connectivity index is 1.83. The summed E-state index contributed by atoms with van der Waals surface area (Å²) in [6.07, 6.45) is 2.10. The van der Waals surface area contributed by atoms with E-state index in [2.05, 4.69) is 38.2 Å². The minimum Gasteiger partial charge on any atom is -0.484 e. The molecule has 0 aliphatic rings. The fourth-order valence-electron chi connectivity index (χ4n) is 2.30. The van der Waals surface area contributed by atoms with Crippen LogP contribution in [0.1, 0.15) is 44.2 Å². The van der Waals surface area contributed by atoms with Gasteiger partial charge in [-0.25, -0.2) is 0 Å². The van der Waals surface area contributed by atoms with Crippen molar-refractivity contribution in [3.63, 3.8) is 0 Å². The SMILES string of the molecule is CCc1ccc(NC(=O)COc2ccc(C(C)CC)cc2)cc1. The fourth-order valence-corrected chi connectivity index (χ4v) is 2.30. The number of hydrogen-bond acceptors (Lipinski definition) is 2. The minimum atomic E-state index is -0.153. The molecule has 0 aromatic heterocycles. The summed E-state index contributed by atoms with van der Waals surface area (Å²) in [6, 6.07) is 15.8. The highest BCUT2D eigenvalue weighted by atomic mass is 16.5. The first kappa shape index (κ1) is 17.1. The molecule has 2 aromatic carbocycles. The standard InChI is InChI=1S/C20H25NO2/c1-4-15(3)17-8-12-19(13-9-17)23-14-20(22)21-18-10-6-16(5-2)7-11-18/h6-13,15H,4-5,14H2,1-3H3,(H,21,22). The van der Waals surface area contributed by atoms with Gasteiger partial charge in [-0.2, -0.15) is 0 Å². The Morgan fingerprint density at radius 2 is 1.70 bits per heavy atom. The first-order chi connectivity index (χ1) is 11.1. The number of aryl methyl sites for hydroxylation is 1. The molecule has 0 radical (unpaired) electrons. The van der Waals surface area contributed by atoms with Crippen LogP contribution in [0.4, 0.5) is 5.69 Å². The lowest BCUT2D eigenvalue weighted by atomic mass is 9.99. The van der Waals surface area contributed by atoms with Crippen molar-refractivity contribution in [2.24, 2.45) is 0 Å². The van der Waals surface area contributed by atoms with Gasteiger partial charge < -0.3 is 10.1 Å². The van der Waals surface area contributed by atoms with Crippen molar-refractivity contribution in [3.8, 4) is 5.75 Å². The number of anilines is 1. The Labute approximate surface area is 138 Å². The van der Waals surface area contributed by atoms with Crippen LogP contribution in [0, 0.1) is 0 Å². The number of benzene rings is 2. The average molecular weight is 311 g/mol. The van der Waals surface area contributed by atoms with E-state index in [-0.39, 0.29) is 12.5 Å². The summed E-state index contributed by atoms with van der Waals surface area (Å²) in [4.78, 5) is 11.9. The van der Waals surface area contributed by atoms with E-state index in [1.165, 1.54) is 11.1 Å². The van der Waals surface area contributed by atoms with E-state index in [0.29, 0.717) is 11.7 Å². The van der Waals surface area contributed by atoms with Crippen molar-refractivity contribution in [2.75, 3.05) is 11.9 Å². The molecule has 3 nitrogen and oxygen atoms in total. The quantitative estimate of drug-likeness (QED) is 0.799. The summed E-state index contributed by atoms with van der Waals surface area (Å²) in [7, 11) is 0. The third-order valence-electron chi connectivity index (χ3n) is 4.08. The van der Waals surface area contributed by atoms with E-state index in [9.17, 15) is 4.79 Å². The Hall–Kier alpha value is -2.29. The molecule has 1 atom stereocenters. The molecule has 0 saturated carbocycles. The summed E-state index contributed by atoms with van der Waals surface area (Å²) in [5.41, 5.74) is 3.34. The van der Waals surface area contributed by atoms with Crippen LogP contribution >= 0.6 is 0 Å². The molecular formula is C20H25NO2. The lowest BCUT2D eigenvalue weighted by molar-refractivity contribution is -0.118. The van der Waals surface area contributed by atoms with E-state index in [4.69, 9.17) is 4.74 Å². The molecule has 0 aliphatic heterocycles. The third kappa shape index (κ3) is 5.13. The fraction of sp³-hybridized carbons (Fsp3) is 0.350. The summed E-state index contributed by atoms with van der Waals surface area (Å²) >= 11 is 0. The number of nitrogens with one attached hydrogen (secondary N) is 1. The molecule has 23 heavy (non-hydrogen) atoms. The number of ether oxygens (including phenoxy) is 1. The molecule has 0 heterocycles. The number of carbonyl (C=O) groups is 1. The van der Waals surface area contributed by atoms with Gasteiger partial charge in [-0.15, -0.1) is 0 Å². The van der Waals surface area contributed by atoms with E-state index in [1.54, 1.807) is 0 Å². The summed E-state index contributed by atoms with van der Waals surface area (Å²) in [5, 5.41) is 2.84. The van der Waals surface area contributed by atoms with E-state index in [1.807, 2.05) is 36.4 Å². The van der Waals surface area contributed by atoms with Gasteiger partial charge in [-0.3, -0.25) is 4.79 Å². The monoisotopic (exact) mass is 311 g/mol. The van der Waals surface area contributed by atoms with Crippen LogP contribution in [0.25, 0.3) is 0 Å². The molecule has 2 aromatic rings. The molecule has 122 valence electrons. The van der Waals surface area contributed by atoms with Gasteiger partial charge in [-0.05, 0) is 54.2 Å². The molecule has 0 fully saturated rings. The summed E-state index contributed by atoms with van der Waals surface area (Å²) in [6.45, 7) is 6.49. The largest absolute Gasteiger partial charge is 0.484 e. The highest BCUT2D eigenvalue weighted by molar-refractivity contribution is 5.91. The summed E-state index contributed by atoms with van der Waals surface area (Å²) in [5.74, 6) is 1.10. The van der Waals surface area contributed by atoms with Gasteiger partial charge in [0.1, 0.15) is 5.75 Å². The maximum Gasteiger partial charge on any atom is 0.262 e. The molecule has 0 spiro atoms. The predicted molar refractivity (Wildman–Crippen MR) is 95.1 cm³/mol. The second-order valence-electron chi connectivity index (χ2n) is 5.77. The van der Waals surface area contributed by atoms with E-state index in [0.717, 1.165) is 18.5 Å². The molecule has 3 heteroatoms. The van der Waals surface area contributed by atoms with Gasteiger partial charge in [0.15, 0.2) is 6.61 Å². The number of amides is 1. The van der Waals surface area contributed by atoms with Crippen LogP contribution in [0.2, 0.25) is 0 Å². The normalized spacial score (nSPS) is 11.8. The smallest absolute Gasteiger partial charge is 0.262 e. The maximum atomic E-state index is 11.9. The molecule has 2 rings (SSSR count). The molecule has 1 N–H and O–H groups in total. The molecule has 0 bridgehead atoms. The van der Waals surface area contributed by atoms with Gasteiger partial charge in [0.2, 0.25) is 0 Å². The number of rotatable bonds is 7. The Morgan fingerprint density at radius 1 is 1.04 bits per heavy atom. The zero-order chi connectivity index (χ0) is 16.7. The van der Waals surface area contributed by atoms with Crippen LogP contribution in [-0.4, -0.2) is 12.5 Å². The van der Waals surface area contributed by atoms with Crippen LogP contribution in [0.5, 0.6) is 5.75 Å². The molecular weight excluding hydrogens is 286 g/mol. The van der Waals surface area contributed by atoms with Crippen LogP contribution in [0.15, 0.2) is 48.5 Å². The maximum absolute atomic E-state index is 11.9. The van der Waals surface area contributed by atoms with Gasteiger partial charge in [0, 0.05) is 5.69 Å². The van der Waals surface area contributed by atoms with Gasteiger partial charge in [-0.1, -0.05) is 45.0 Å². The minimum absolute atomic E-state index is 0.0121. The van der Waals surface area contributed by atoms with Crippen molar-refractivity contribution in [3.05, 3.63) is 59.7 Å². The third-order valence-corrected chi connectivity index (χ3v) is 4.08. The molecule has 1 unspecified atom stereocenters. The van der Waals surface area contributed by atoms with Crippen LogP contribution in [-0.2, 0) is 11.2 Å². The van der Waals surface area contributed by atoms with Crippen molar-refractivity contribution in [2.45, 2.75) is 39.5 Å². The number of hydrogen-bond donors (Lipinski definition) is 1. The van der Waals surface area contributed by atoms with Gasteiger partial charge >= 0.3 is 0 Å². The van der Waals surface area contributed by atoms with Gasteiger partial charge in [0.25, 0.3) is 5.91 Å². The average Bonchev–Trinajstić information content (AvgIpc) is 2.60. The Bertz CT molecular complexity index is 617. The molecule has 1 amide bonds. The van der Waals surface area contributed by atoms with Crippen molar-refractivity contribution in [1.29, 1.82) is 0 Å². The second kappa shape index (κ2) is 8.37. The lowest BCUT2D eigenvalue weighted by Crippen LogP contribution is -2.20. The zero-order valence-corrected chi connectivity index (χ0v) is 14.1. The first-order valence-corrected chi connectivity index (χ1v) is 8.24. The van der Waals surface area contributed by atoms with E-state index < -0.39 is 0 Å². The molecule has 0 saturated heterocycles. The van der Waals surface area contributed by atoms with E-state index >= 15 is 0 Å². The highest BCUT2D eigenvalue weighted by Crippen LogP contribution is 2.21. The second-order valence-corrected chi connectivity index (χ2v) is 5.77. The van der Waals surface area contributed by atoms with Gasteiger partial charge in [0.05, 0.1) is 0 Å². The summed E-state index contributed by atoms with van der Waals surface area (Å²) < 4.78 is 5.54. The first-order valence-electron chi connectivity index (χ1n) is 8.24. The highest BCUT2D eigenvalue weighted by Gasteiger charge is 2.06. The predicted octanol–water partition coefficient (Wildman–Crippen LogP) is 4.78. The van der Waals surface area contributed by atoms with Crippen molar-refractivity contribution in [1.82, 2.24) is 0 Å². The topological polar surface area (TPSA) is 38.3 Å². The van der Waals surface area contributed by atoms with Crippen LogP contribution < -0.4 is 10.1 Å². The molecule has 0 aliphatic carbocycles. The number of carbonyl (C=O) groups excluding carboxylic acids is 1. The Kier molecular flexibility index (Phi) is 6.21. The lowest BCUT2D eigenvalue weighted by Gasteiger charge is -2.11. The zero-order valence-electron chi connectivity index (χ0n) is 14.1. The van der Waals surface area contributed by atoms with Crippen molar-refractivity contribution >= 4 is 11.6 Å². The Morgan fingerprint density at radius 3 is 2.26 bits per heavy atom.